The second-order valence-corrected chi connectivity index (χ2v) is 5.56. The van der Waals surface area contributed by atoms with Gasteiger partial charge in [0.1, 0.15) is 12.4 Å². The summed E-state index contributed by atoms with van der Waals surface area (Å²) in [6.45, 7) is 2.14. The fourth-order valence-electron chi connectivity index (χ4n) is 2.49. The lowest BCUT2D eigenvalue weighted by atomic mass is 9.89. The number of carbonyl (C=O) groups is 1. The highest BCUT2D eigenvalue weighted by Crippen LogP contribution is 2.32. The van der Waals surface area contributed by atoms with Gasteiger partial charge in [-0.25, -0.2) is 0 Å². The third-order valence-electron chi connectivity index (χ3n) is 3.89. The van der Waals surface area contributed by atoms with Crippen molar-refractivity contribution >= 4 is 5.78 Å². The molecule has 3 rings (SSSR count). The lowest BCUT2D eigenvalue weighted by molar-refractivity contribution is -0.177. The molecule has 2 atom stereocenters. The van der Waals surface area contributed by atoms with Crippen molar-refractivity contribution in [1.82, 2.24) is 0 Å². The molecule has 1 aliphatic heterocycles. The third kappa shape index (κ3) is 3.33. The highest BCUT2D eigenvalue weighted by Gasteiger charge is 2.39. The van der Waals surface area contributed by atoms with Crippen LogP contribution in [0.2, 0.25) is 0 Å². The molecule has 0 saturated heterocycles. The van der Waals surface area contributed by atoms with Crippen LogP contribution in [0.5, 0.6) is 5.75 Å². The molecular weight excluding hydrogens is 292 g/mol. The summed E-state index contributed by atoms with van der Waals surface area (Å²) >= 11 is 0. The average molecular weight is 310 g/mol. The van der Waals surface area contributed by atoms with Crippen LogP contribution in [0.25, 0.3) is 0 Å². The summed E-state index contributed by atoms with van der Waals surface area (Å²) in [7, 11) is 0. The number of rotatable bonds is 4. The van der Waals surface area contributed by atoms with Crippen LogP contribution in [-0.4, -0.2) is 17.2 Å². The predicted octanol–water partition coefficient (Wildman–Crippen LogP) is 2.95. The summed E-state index contributed by atoms with van der Waals surface area (Å²) in [5.74, 6) is 0.515. The molecule has 0 aliphatic carbocycles. The molecule has 0 radical (unpaired) electrons. The number of hydrogen-bond acceptors (Lipinski definition) is 4. The van der Waals surface area contributed by atoms with Gasteiger partial charge in [0.25, 0.3) is 0 Å². The number of aliphatic hydroxyl groups excluding tert-OH is 1. The van der Waals surface area contributed by atoms with E-state index in [2.05, 4.69) is 0 Å². The first-order valence-electron chi connectivity index (χ1n) is 7.44. The van der Waals surface area contributed by atoms with Gasteiger partial charge in [0.2, 0.25) is 0 Å². The van der Waals surface area contributed by atoms with Gasteiger partial charge in [-0.15, -0.1) is 0 Å². The van der Waals surface area contributed by atoms with Crippen molar-refractivity contribution < 1.29 is 19.4 Å². The Balaban J connectivity index is 1.72. The first kappa shape index (κ1) is 15.5. The second-order valence-electron chi connectivity index (χ2n) is 5.56. The summed E-state index contributed by atoms with van der Waals surface area (Å²) in [5, 5.41) is 9.60. The van der Waals surface area contributed by atoms with Crippen molar-refractivity contribution in [3.05, 3.63) is 77.9 Å². The second kappa shape index (κ2) is 6.36. The van der Waals surface area contributed by atoms with Crippen molar-refractivity contribution in [3.63, 3.8) is 0 Å². The van der Waals surface area contributed by atoms with E-state index in [9.17, 15) is 9.90 Å². The molecule has 1 aliphatic rings. The SMILES string of the molecule is CC1(c2ccc(OCc3ccccc3)cc2)OC(O)C=CC1=O. The normalized spacial score (nSPS) is 23.7. The van der Waals surface area contributed by atoms with Crippen LogP contribution in [0.15, 0.2) is 66.7 Å². The Morgan fingerprint density at radius 2 is 1.83 bits per heavy atom. The first-order valence-corrected chi connectivity index (χ1v) is 7.44. The van der Waals surface area contributed by atoms with E-state index in [1.807, 2.05) is 30.3 Å². The summed E-state index contributed by atoms with van der Waals surface area (Å²) in [6, 6.07) is 17.0. The monoisotopic (exact) mass is 310 g/mol. The summed E-state index contributed by atoms with van der Waals surface area (Å²) in [4.78, 5) is 12.1. The molecule has 0 amide bonds. The highest BCUT2D eigenvalue weighted by molar-refractivity contribution is 5.98. The van der Waals surface area contributed by atoms with Crippen molar-refractivity contribution in [2.45, 2.75) is 25.4 Å². The molecule has 2 unspecified atom stereocenters. The van der Waals surface area contributed by atoms with Crippen molar-refractivity contribution in [2.75, 3.05) is 0 Å². The number of hydrogen-bond donors (Lipinski definition) is 1. The summed E-state index contributed by atoms with van der Waals surface area (Å²) in [5.41, 5.74) is 0.590. The van der Waals surface area contributed by atoms with Gasteiger partial charge in [0.05, 0.1) is 0 Å². The van der Waals surface area contributed by atoms with Crippen LogP contribution in [0.3, 0.4) is 0 Å². The molecule has 4 heteroatoms. The highest BCUT2D eigenvalue weighted by atomic mass is 16.6. The van der Waals surface area contributed by atoms with E-state index in [1.54, 1.807) is 31.2 Å². The molecule has 4 nitrogen and oxygen atoms in total. The van der Waals surface area contributed by atoms with E-state index in [0.29, 0.717) is 17.9 Å². The van der Waals surface area contributed by atoms with Gasteiger partial charge in [-0.05, 0) is 42.3 Å². The minimum absolute atomic E-state index is 0.194. The van der Waals surface area contributed by atoms with Crippen LogP contribution in [0, 0.1) is 0 Å². The molecule has 0 aromatic heterocycles. The van der Waals surface area contributed by atoms with Crippen molar-refractivity contribution in [3.8, 4) is 5.75 Å². The van der Waals surface area contributed by atoms with Gasteiger partial charge in [0, 0.05) is 0 Å². The maximum absolute atomic E-state index is 12.1. The molecule has 2 aromatic rings. The Hall–Kier alpha value is -2.43. The first-order chi connectivity index (χ1) is 11.1. The van der Waals surface area contributed by atoms with Crippen LogP contribution in [0.1, 0.15) is 18.1 Å². The Morgan fingerprint density at radius 3 is 2.52 bits per heavy atom. The number of benzene rings is 2. The molecule has 0 spiro atoms. The van der Waals surface area contributed by atoms with Gasteiger partial charge in [-0.2, -0.15) is 0 Å². The third-order valence-corrected chi connectivity index (χ3v) is 3.89. The number of carbonyl (C=O) groups excluding carboxylic acids is 1. The number of ketones is 1. The quantitative estimate of drug-likeness (QED) is 0.943. The van der Waals surface area contributed by atoms with Gasteiger partial charge in [-0.1, -0.05) is 42.5 Å². The van der Waals surface area contributed by atoms with Crippen LogP contribution < -0.4 is 4.74 Å². The largest absolute Gasteiger partial charge is 0.489 e. The average Bonchev–Trinajstić information content (AvgIpc) is 2.58. The summed E-state index contributed by atoms with van der Waals surface area (Å²) in [6.07, 6.45) is 1.61. The van der Waals surface area contributed by atoms with Crippen molar-refractivity contribution in [2.24, 2.45) is 0 Å². The lowest BCUT2D eigenvalue weighted by Crippen LogP contribution is -2.40. The number of ether oxygens (including phenoxy) is 2. The molecule has 1 heterocycles. The Bertz CT molecular complexity index is 706. The lowest BCUT2D eigenvalue weighted by Gasteiger charge is -2.32. The van der Waals surface area contributed by atoms with Gasteiger partial charge < -0.3 is 14.6 Å². The fraction of sp³-hybridized carbons (Fsp3) is 0.211. The van der Waals surface area contributed by atoms with Crippen molar-refractivity contribution in [1.29, 1.82) is 0 Å². The van der Waals surface area contributed by atoms with E-state index < -0.39 is 11.9 Å². The van der Waals surface area contributed by atoms with Gasteiger partial charge >= 0.3 is 0 Å². The molecule has 0 fully saturated rings. The minimum Gasteiger partial charge on any atom is -0.489 e. The zero-order chi connectivity index (χ0) is 16.3. The van der Waals surface area contributed by atoms with Gasteiger partial charge in [0.15, 0.2) is 17.7 Å². The van der Waals surface area contributed by atoms with E-state index in [0.717, 1.165) is 5.56 Å². The Morgan fingerprint density at radius 1 is 1.13 bits per heavy atom. The Kier molecular flexibility index (Phi) is 4.28. The van der Waals surface area contributed by atoms with Crippen LogP contribution >= 0.6 is 0 Å². The standard InChI is InChI=1S/C19H18O4/c1-19(17(20)11-12-18(21)23-19)15-7-9-16(10-8-15)22-13-14-5-3-2-4-6-14/h2-12,18,21H,13H2,1H3. The van der Waals surface area contributed by atoms with E-state index >= 15 is 0 Å². The molecule has 0 saturated carbocycles. The number of aliphatic hydroxyl groups is 1. The molecule has 0 bridgehead atoms. The molecule has 23 heavy (non-hydrogen) atoms. The summed E-state index contributed by atoms with van der Waals surface area (Å²) < 4.78 is 11.1. The zero-order valence-electron chi connectivity index (χ0n) is 12.8. The molecular formula is C19H18O4. The van der Waals surface area contributed by atoms with E-state index in [-0.39, 0.29) is 5.78 Å². The maximum atomic E-state index is 12.1. The van der Waals surface area contributed by atoms with Gasteiger partial charge in [-0.3, -0.25) is 4.79 Å². The molecule has 1 N–H and O–H groups in total. The van der Waals surface area contributed by atoms with Crippen LogP contribution in [-0.2, 0) is 21.7 Å². The van der Waals surface area contributed by atoms with Crippen LogP contribution in [0.4, 0.5) is 0 Å². The maximum Gasteiger partial charge on any atom is 0.191 e. The Labute approximate surface area is 135 Å². The van der Waals surface area contributed by atoms with E-state index in [4.69, 9.17) is 9.47 Å². The minimum atomic E-state index is -1.17. The smallest absolute Gasteiger partial charge is 0.191 e. The topological polar surface area (TPSA) is 55.8 Å². The van der Waals surface area contributed by atoms with E-state index in [1.165, 1.54) is 12.2 Å². The fourth-order valence-corrected chi connectivity index (χ4v) is 2.49. The zero-order valence-corrected chi connectivity index (χ0v) is 12.8. The predicted molar refractivity (Wildman–Crippen MR) is 85.8 cm³/mol. The molecule has 2 aromatic carbocycles. The molecule has 118 valence electrons.